The summed E-state index contributed by atoms with van der Waals surface area (Å²) in [4.78, 5) is 0. The van der Waals surface area contributed by atoms with Crippen molar-refractivity contribution in [3.05, 3.63) is 34.1 Å². The van der Waals surface area contributed by atoms with Crippen molar-refractivity contribution in [2.24, 2.45) is 0 Å². The van der Waals surface area contributed by atoms with Crippen LogP contribution in [0.2, 0.25) is 0 Å². The van der Waals surface area contributed by atoms with E-state index in [0.717, 1.165) is 23.7 Å². The van der Waals surface area contributed by atoms with Crippen molar-refractivity contribution in [2.45, 2.75) is 37.3 Å². The molecular formula is C14H19BrFNO. The zero-order chi connectivity index (χ0) is 13.2. The summed E-state index contributed by atoms with van der Waals surface area (Å²) in [6.07, 6.45) is 4.15. The Bertz CT molecular complexity index is 415. The van der Waals surface area contributed by atoms with Crippen molar-refractivity contribution < 1.29 is 9.13 Å². The largest absolute Gasteiger partial charge is 0.378 e. The molecule has 0 bridgehead atoms. The monoisotopic (exact) mass is 315 g/mol. The molecule has 0 amide bonds. The van der Waals surface area contributed by atoms with Crippen molar-refractivity contribution in [2.75, 3.05) is 14.2 Å². The molecular weight excluding hydrogens is 297 g/mol. The van der Waals surface area contributed by atoms with Crippen molar-refractivity contribution in [1.29, 1.82) is 0 Å². The lowest BCUT2D eigenvalue weighted by atomic mass is 9.74. The van der Waals surface area contributed by atoms with Gasteiger partial charge in [-0.2, -0.15) is 0 Å². The Morgan fingerprint density at radius 1 is 1.50 bits per heavy atom. The van der Waals surface area contributed by atoms with E-state index in [2.05, 4.69) is 21.2 Å². The van der Waals surface area contributed by atoms with Crippen LogP contribution in [-0.2, 0) is 4.74 Å². The molecule has 1 unspecified atom stereocenters. The molecule has 1 aliphatic carbocycles. The molecule has 1 fully saturated rings. The second-order valence-electron chi connectivity index (χ2n) is 4.95. The Kier molecular flexibility index (Phi) is 4.41. The summed E-state index contributed by atoms with van der Waals surface area (Å²) in [5, 5.41) is 3.20. The number of halogens is 2. The summed E-state index contributed by atoms with van der Waals surface area (Å²) in [6, 6.07) is 5.06. The Hall–Kier alpha value is -0.450. The number of hydrogen-bond donors (Lipinski definition) is 1. The van der Waals surface area contributed by atoms with E-state index < -0.39 is 0 Å². The van der Waals surface area contributed by atoms with Gasteiger partial charge in [-0.05, 0) is 50.9 Å². The molecule has 0 radical (unpaired) electrons. The molecule has 1 N–H and O–H groups in total. The highest BCUT2D eigenvalue weighted by atomic mass is 79.9. The van der Waals surface area contributed by atoms with Gasteiger partial charge >= 0.3 is 0 Å². The van der Waals surface area contributed by atoms with Gasteiger partial charge in [0.15, 0.2) is 0 Å². The van der Waals surface area contributed by atoms with Gasteiger partial charge in [0.05, 0.1) is 5.60 Å². The molecule has 2 nitrogen and oxygen atoms in total. The molecule has 100 valence electrons. The van der Waals surface area contributed by atoms with Gasteiger partial charge < -0.3 is 10.1 Å². The Morgan fingerprint density at radius 2 is 2.22 bits per heavy atom. The van der Waals surface area contributed by atoms with Crippen LogP contribution in [0.4, 0.5) is 4.39 Å². The fourth-order valence-electron chi connectivity index (χ4n) is 2.58. The summed E-state index contributed by atoms with van der Waals surface area (Å²) >= 11 is 3.40. The average Bonchev–Trinajstić information content (AvgIpc) is 2.32. The Balaban J connectivity index is 2.20. The Labute approximate surface area is 116 Å². The molecule has 1 aromatic carbocycles. The highest BCUT2D eigenvalue weighted by molar-refractivity contribution is 9.10. The minimum Gasteiger partial charge on any atom is -0.378 e. The highest BCUT2D eigenvalue weighted by Gasteiger charge is 2.39. The zero-order valence-corrected chi connectivity index (χ0v) is 12.4. The van der Waals surface area contributed by atoms with E-state index in [1.165, 1.54) is 12.5 Å². The van der Waals surface area contributed by atoms with E-state index in [-0.39, 0.29) is 17.5 Å². The smallest absolute Gasteiger partial charge is 0.128 e. The first-order chi connectivity index (χ1) is 8.60. The summed E-state index contributed by atoms with van der Waals surface area (Å²) in [7, 11) is 3.62. The maximum absolute atomic E-state index is 13.9. The number of ether oxygens (including phenoxy) is 1. The lowest BCUT2D eigenvalue weighted by molar-refractivity contribution is -0.0836. The molecule has 1 atom stereocenters. The first-order valence-electron chi connectivity index (χ1n) is 6.27. The first kappa shape index (κ1) is 14.0. The second-order valence-corrected chi connectivity index (χ2v) is 5.87. The lowest BCUT2D eigenvalue weighted by Crippen LogP contribution is -2.42. The van der Waals surface area contributed by atoms with Gasteiger partial charge in [-0.25, -0.2) is 4.39 Å². The normalized spacial score (nSPS) is 19.3. The van der Waals surface area contributed by atoms with Gasteiger partial charge in [0.2, 0.25) is 0 Å². The van der Waals surface area contributed by atoms with Crippen LogP contribution in [0.5, 0.6) is 0 Å². The van der Waals surface area contributed by atoms with E-state index in [4.69, 9.17) is 4.74 Å². The second kappa shape index (κ2) is 5.68. The third-order valence-electron chi connectivity index (χ3n) is 3.96. The minimum atomic E-state index is -0.164. The molecule has 0 spiro atoms. The molecule has 1 aliphatic rings. The summed E-state index contributed by atoms with van der Waals surface area (Å²) in [6.45, 7) is 0. The van der Waals surface area contributed by atoms with Gasteiger partial charge in [0.25, 0.3) is 0 Å². The van der Waals surface area contributed by atoms with Crippen molar-refractivity contribution >= 4 is 15.9 Å². The summed E-state index contributed by atoms with van der Waals surface area (Å²) in [5.41, 5.74) is 0.637. The predicted octanol–water partition coefficient (Wildman–Crippen LogP) is 3.81. The topological polar surface area (TPSA) is 21.3 Å². The van der Waals surface area contributed by atoms with Crippen LogP contribution < -0.4 is 5.32 Å². The third-order valence-corrected chi connectivity index (χ3v) is 4.45. The van der Waals surface area contributed by atoms with Crippen LogP contribution in [-0.4, -0.2) is 19.8 Å². The van der Waals surface area contributed by atoms with Gasteiger partial charge in [0.1, 0.15) is 5.82 Å². The van der Waals surface area contributed by atoms with Gasteiger partial charge in [0, 0.05) is 23.2 Å². The number of methoxy groups -OCH3 is 1. The van der Waals surface area contributed by atoms with Crippen LogP contribution in [0.3, 0.4) is 0 Å². The van der Waals surface area contributed by atoms with Crippen LogP contribution >= 0.6 is 15.9 Å². The Morgan fingerprint density at radius 3 is 2.72 bits per heavy atom. The molecule has 18 heavy (non-hydrogen) atoms. The van der Waals surface area contributed by atoms with Crippen LogP contribution in [0.25, 0.3) is 0 Å². The molecule has 0 saturated heterocycles. The minimum absolute atomic E-state index is 0.0113. The maximum Gasteiger partial charge on any atom is 0.128 e. The first-order valence-corrected chi connectivity index (χ1v) is 7.07. The molecule has 0 aliphatic heterocycles. The van der Waals surface area contributed by atoms with Gasteiger partial charge in [-0.1, -0.05) is 15.9 Å². The number of hydrogen-bond acceptors (Lipinski definition) is 2. The quantitative estimate of drug-likeness (QED) is 0.892. The van der Waals surface area contributed by atoms with Crippen LogP contribution in [0.15, 0.2) is 22.7 Å². The van der Waals surface area contributed by atoms with Gasteiger partial charge in [-0.3, -0.25) is 0 Å². The lowest BCUT2D eigenvalue weighted by Gasteiger charge is -2.43. The fraction of sp³-hybridized carbons (Fsp3) is 0.571. The molecule has 2 rings (SSSR count). The van der Waals surface area contributed by atoms with Crippen LogP contribution in [0, 0.1) is 5.82 Å². The predicted molar refractivity (Wildman–Crippen MR) is 74.1 cm³/mol. The SMILES string of the molecule is CNC(CC1(OC)CCC1)c1cc(Br)ccc1F. The van der Waals surface area contributed by atoms with E-state index in [1.807, 2.05) is 13.1 Å². The summed E-state index contributed by atoms with van der Waals surface area (Å²) in [5.74, 6) is -0.164. The van der Waals surface area contributed by atoms with Crippen molar-refractivity contribution in [3.63, 3.8) is 0 Å². The standard InChI is InChI=1S/C14H19BrFNO/c1-17-13(9-14(18-2)6-3-7-14)11-8-10(15)4-5-12(11)16/h4-5,8,13,17H,3,6-7,9H2,1-2H3. The zero-order valence-electron chi connectivity index (χ0n) is 10.8. The molecule has 4 heteroatoms. The number of benzene rings is 1. The van der Waals surface area contributed by atoms with E-state index in [1.54, 1.807) is 13.2 Å². The molecule has 0 heterocycles. The number of nitrogens with one attached hydrogen (secondary N) is 1. The van der Waals surface area contributed by atoms with Crippen molar-refractivity contribution in [3.8, 4) is 0 Å². The van der Waals surface area contributed by atoms with E-state index in [9.17, 15) is 4.39 Å². The van der Waals surface area contributed by atoms with Crippen molar-refractivity contribution in [1.82, 2.24) is 5.32 Å². The summed E-state index contributed by atoms with van der Waals surface area (Å²) < 4.78 is 20.4. The fourth-order valence-corrected chi connectivity index (χ4v) is 2.96. The average molecular weight is 316 g/mol. The molecule has 0 aromatic heterocycles. The van der Waals surface area contributed by atoms with E-state index >= 15 is 0 Å². The maximum atomic E-state index is 13.9. The highest BCUT2D eigenvalue weighted by Crippen LogP contribution is 2.42. The van der Waals surface area contributed by atoms with E-state index in [0.29, 0.717) is 5.56 Å². The van der Waals surface area contributed by atoms with Gasteiger partial charge in [-0.15, -0.1) is 0 Å². The number of rotatable bonds is 5. The third kappa shape index (κ3) is 2.76. The van der Waals surface area contributed by atoms with Crippen LogP contribution in [0.1, 0.15) is 37.3 Å². The molecule has 1 aromatic rings. The molecule has 1 saturated carbocycles.